The molecule has 0 bridgehead atoms. The number of rotatable bonds is 5. The fourth-order valence-corrected chi connectivity index (χ4v) is 3.66. The molecule has 1 aliphatic heterocycles. The normalized spacial score (nSPS) is 25.8. The molecule has 1 aromatic carbocycles. The van der Waals surface area contributed by atoms with Gasteiger partial charge in [0.1, 0.15) is 6.61 Å². The van der Waals surface area contributed by atoms with Crippen molar-refractivity contribution in [3.8, 4) is 11.5 Å². The van der Waals surface area contributed by atoms with E-state index in [0.29, 0.717) is 34.9 Å². The van der Waals surface area contributed by atoms with E-state index in [9.17, 15) is 4.79 Å². The summed E-state index contributed by atoms with van der Waals surface area (Å²) in [7, 11) is 0. The van der Waals surface area contributed by atoms with Gasteiger partial charge in [0, 0.05) is 11.8 Å². The minimum atomic E-state index is -0.130. The van der Waals surface area contributed by atoms with Crippen LogP contribution < -0.4 is 14.8 Å². The number of carbonyl (C=O) groups excluding carboxylic acids is 1. The Bertz CT molecular complexity index is 587. The molecule has 5 nitrogen and oxygen atoms in total. The van der Waals surface area contributed by atoms with Crippen molar-refractivity contribution in [1.82, 2.24) is 0 Å². The molecule has 3 rings (SSSR count). The predicted octanol–water partition coefficient (Wildman–Crippen LogP) is 3.83. The Balaban J connectivity index is 1.53. The highest BCUT2D eigenvalue weighted by atomic mass is 16.7. The van der Waals surface area contributed by atoms with E-state index in [0.717, 1.165) is 6.42 Å². The number of carbonyl (C=O) groups is 1. The molecule has 1 fully saturated rings. The van der Waals surface area contributed by atoms with E-state index in [1.807, 2.05) is 6.07 Å². The number of anilines is 1. The number of amides is 1. The average Bonchev–Trinajstić information content (AvgIpc) is 3.00. The van der Waals surface area contributed by atoms with Crippen LogP contribution in [-0.4, -0.2) is 25.4 Å². The van der Waals surface area contributed by atoms with E-state index >= 15 is 0 Å². The highest BCUT2D eigenvalue weighted by Crippen LogP contribution is 2.36. The van der Waals surface area contributed by atoms with Gasteiger partial charge in [-0.15, -0.1) is 0 Å². The van der Waals surface area contributed by atoms with E-state index in [-0.39, 0.29) is 25.4 Å². The summed E-state index contributed by atoms with van der Waals surface area (Å²) in [6.07, 6.45) is 3.66. The minimum absolute atomic E-state index is 0.0923. The van der Waals surface area contributed by atoms with Gasteiger partial charge < -0.3 is 19.5 Å². The first-order valence-electron chi connectivity index (χ1n) is 8.84. The fraction of sp³-hybridized carbons (Fsp3) is 0.632. The van der Waals surface area contributed by atoms with Crippen molar-refractivity contribution in [2.75, 3.05) is 18.7 Å². The third-order valence-electron chi connectivity index (χ3n) is 5.05. The van der Waals surface area contributed by atoms with Gasteiger partial charge in [0.15, 0.2) is 11.5 Å². The number of hydrogen-bond acceptors (Lipinski definition) is 4. The third kappa shape index (κ3) is 4.01. The highest BCUT2D eigenvalue weighted by Gasteiger charge is 2.31. The Morgan fingerprint density at radius 3 is 2.88 bits per heavy atom. The van der Waals surface area contributed by atoms with E-state index in [2.05, 4.69) is 26.1 Å². The van der Waals surface area contributed by atoms with Crippen molar-refractivity contribution >= 4 is 11.6 Å². The molecule has 0 saturated heterocycles. The number of benzene rings is 1. The first-order chi connectivity index (χ1) is 11.5. The molecule has 0 unspecified atom stereocenters. The number of nitrogens with one attached hydrogen (secondary N) is 1. The summed E-state index contributed by atoms with van der Waals surface area (Å²) in [5.41, 5.74) is 0.699. The molecule has 1 aliphatic carbocycles. The predicted molar refractivity (Wildman–Crippen MR) is 92.3 cm³/mol. The van der Waals surface area contributed by atoms with Crippen LogP contribution in [0.3, 0.4) is 0 Å². The van der Waals surface area contributed by atoms with Gasteiger partial charge in [-0.1, -0.05) is 27.2 Å². The van der Waals surface area contributed by atoms with Gasteiger partial charge in [0.05, 0.1) is 6.10 Å². The first kappa shape index (κ1) is 17.1. The largest absolute Gasteiger partial charge is 0.454 e. The second-order valence-electron chi connectivity index (χ2n) is 7.29. The van der Waals surface area contributed by atoms with Crippen molar-refractivity contribution in [3.05, 3.63) is 18.2 Å². The number of ether oxygens (including phenoxy) is 3. The zero-order valence-corrected chi connectivity index (χ0v) is 14.7. The van der Waals surface area contributed by atoms with Crippen molar-refractivity contribution in [2.45, 2.75) is 46.1 Å². The van der Waals surface area contributed by atoms with Crippen LogP contribution >= 0.6 is 0 Å². The van der Waals surface area contributed by atoms with Crippen LogP contribution in [0.1, 0.15) is 40.0 Å². The van der Waals surface area contributed by atoms with Crippen LogP contribution in [0.4, 0.5) is 5.69 Å². The van der Waals surface area contributed by atoms with Gasteiger partial charge >= 0.3 is 0 Å². The summed E-state index contributed by atoms with van der Waals surface area (Å²) < 4.78 is 16.6. The Morgan fingerprint density at radius 2 is 2.08 bits per heavy atom. The first-order valence-corrected chi connectivity index (χ1v) is 8.84. The summed E-state index contributed by atoms with van der Waals surface area (Å²) in [4.78, 5) is 12.2. The molecule has 132 valence electrons. The lowest BCUT2D eigenvalue weighted by atomic mass is 9.75. The third-order valence-corrected chi connectivity index (χ3v) is 5.05. The molecular formula is C19H27NO4. The lowest BCUT2D eigenvalue weighted by Gasteiger charge is -2.37. The van der Waals surface area contributed by atoms with Crippen LogP contribution in [0.25, 0.3) is 0 Å². The van der Waals surface area contributed by atoms with E-state index in [1.165, 1.54) is 12.8 Å². The van der Waals surface area contributed by atoms with E-state index in [1.54, 1.807) is 12.1 Å². The van der Waals surface area contributed by atoms with Crippen molar-refractivity contribution in [1.29, 1.82) is 0 Å². The zero-order chi connectivity index (χ0) is 17.1. The zero-order valence-electron chi connectivity index (χ0n) is 14.7. The van der Waals surface area contributed by atoms with Gasteiger partial charge in [-0.3, -0.25) is 4.79 Å². The Kier molecular flexibility index (Phi) is 5.29. The van der Waals surface area contributed by atoms with Crippen LogP contribution in [0.5, 0.6) is 11.5 Å². The fourth-order valence-electron chi connectivity index (χ4n) is 3.66. The molecule has 0 spiro atoms. The molecule has 2 aliphatic rings. The lowest BCUT2D eigenvalue weighted by molar-refractivity contribution is -0.126. The van der Waals surface area contributed by atoms with Gasteiger partial charge in [-0.2, -0.15) is 0 Å². The smallest absolute Gasteiger partial charge is 0.250 e. The van der Waals surface area contributed by atoms with Crippen molar-refractivity contribution in [3.63, 3.8) is 0 Å². The molecule has 1 amide bonds. The second kappa shape index (κ2) is 7.43. The molecule has 1 saturated carbocycles. The Morgan fingerprint density at radius 1 is 1.29 bits per heavy atom. The maximum Gasteiger partial charge on any atom is 0.250 e. The summed E-state index contributed by atoms with van der Waals surface area (Å²) in [5, 5.41) is 2.87. The van der Waals surface area contributed by atoms with Crippen molar-refractivity contribution < 1.29 is 19.0 Å². The average molecular weight is 333 g/mol. The molecule has 1 heterocycles. The number of hydrogen-bond donors (Lipinski definition) is 1. The molecule has 0 aromatic heterocycles. The summed E-state index contributed by atoms with van der Waals surface area (Å²) in [5.74, 6) is 3.03. The molecular weight excluding hydrogens is 306 g/mol. The number of fused-ring (bicyclic) bond motifs is 1. The summed E-state index contributed by atoms with van der Waals surface area (Å²) in [6.45, 7) is 7.06. The summed E-state index contributed by atoms with van der Waals surface area (Å²) in [6, 6.07) is 5.39. The highest BCUT2D eigenvalue weighted by molar-refractivity contribution is 5.92. The molecule has 0 radical (unpaired) electrons. The monoisotopic (exact) mass is 333 g/mol. The Labute approximate surface area is 143 Å². The molecule has 5 heteroatoms. The Hall–Kier alpha value is -1.75. The van der Waals surface area contributed by atoms with Gasteiger partial charge in [-0.25, -0.2) is 0 Å². The summed E-state index contributed by atoms with van der Waals surface area (Å²) >= 11 is 0. The van der Waals surface area contributed by atoms with Crippen LogP contribution in [0, 0.1) is 17.8 Å². The maximum absolute atomic E-state index is 12.2. The maximum atomic E-state index is 12.2. The van der Waals surface area contributed by atoms with Crippen LogP contribution in [0.15, 0.2) is 18.2 Å². The lowest BCUT2D eigenvalue weighted by Crippen LogP contribution is -2.36. The SMILES string of the molecule is CC(C)[C@H]1CC[C@@H](C)C[C@H]1OCC(=O)Nc1ccc2c(c1)OCO2. The van der Waals surface area contributed by atoms with Crippen LogP contribution in [0.2, 0.25) is 0 Å². The standard InChI is InChI=1S/C19H27NO4/c1-12(2)15-6-4-13(3)8-17(15)22-10-19(21)20-14-5-7-16-18(9-14)24-11-23-16/h5,7,9,12-13,15,17H,4,6,8,10-11H2,1-3H3,(H,20,21)/t13-,15-,17-/m1/s1. The van der Waals surface area contributed by atoms with Gasteiger partial charge in [0.2, 0.25) is 12.7 Å². The van der Waals surface area contributed by atoms with Crippen LogP contribution in [-0.2, 0) is 9.53 Å². The molecule has 1 N–H and O–H groups in total. The van der Waals surface area contributed by atoms with Gasteiger partial charge in [0.25, 0.3) is 0 Å². The molecule has 24 heavy (non-hydrogen) atoms. The molecule has 1 aromatic rings. The minimum Gasteiger partial charge on any atom is -0.454 e. The van der Waals surface area contributed by atoms with E-state index in [4.69, 9.17) is 14.2 Å². The second-order valence-corrected chi connectivity index (χ2v) is 7.29. The van der Waals surface area contributed by atoms with Gasteiger partial charge in [-0.05, 0) is 42.7 Å². The quantitative estimate of drug-likeness (QED) is 0.890. The topological polar surface area (TPSA) is 56.8 Å². The van der Waals surface area contributed by atoms with E-state index < -0.39 is 0 Å². The van der Waals surface area contributed by atoms with Crippen molar-refractivity contribution in [2.24, 2.45) is 17.8 Å². The molecule has 3 atom stereocenters.